The molecule has 0 fully saturated rings. The standard InChI is InChI=1S/C67H106O6/c1-4-7-10-13-16-19-22-24-25-26-27-28-29-30-31-32-33-34-35-36-37-38-39-40-41-43-45-48-51-54-57-60-66(69)72-63-64(62-71-65(68)59-56-53-50-47-44-21-18-15-12-9-6-3)73-67(70)61-58-55-52-49-46-42-23-20-17-14-11-8-5-2/h7-8,10-11,16-17,19-20,24-25,27-28,30-31,33-34,36-37,39-40,42,46,52,55,64H,4-6,9,12-15,18,21-23,26,29,32,35,38,41,43-45,47-51,53-54,56-63H2,1-3H3/b10-7-,11-8-,19-16-,20-17-,25-24-,28-27-,31-30-,34-33-,37-36-,40-39-,46-42-,55-52-. The van der Waals surface area contributed by atoms with Crippen LogP contribution in [0.2, 0.25) is 0 Å². The van der Waals surface area contributed by atoms with Crippen molar-refractivity contribution in [1.82, 2.24) is 0 Å². The lowest BCUT2D eigenvalue weighted by Crippen LogP contribution is -2.30. The number of allylic oxidation sites excluding steroid dienone is 24. The molecule has 0 bridgehead atoms. The van der Waals surface area contributed by atoms with Crippen LogP contribution < -0.4 is 0 Å². The Bertz CT molecular complexity index is 1630. The van der Waals surface area contributed by atoms with Crippen LogP contribution in [0.3, 0.4) is 0 Å². The van der Waals surface area contributed by atoms with E-state index in [9.17, 15) is 14.4 Å². The first kappa shape index (κ1) is 68.3. The Labute approximate surface area is 448 Å². The highest BCUT2D eigenvalue weighted by Gasteiger charge is 2.19. The summed E-state index contributed by atoms with van der Waals surface area (Å²) in [5.41, 5.74) is 0. The highest BCUT2D eigenvalue weighted by atomic mass is 16.6. The van der Waals surface area contributed by atoms with Crippen molar-refractivity contribution in [3.8, 4) is 0 Å². The van der Waals surface area contributed by atoms with Crippen LogP contribution in [0.4, 0.5) is 0 Å². The fraction of sp³-hybridized carbons (Fsp3) is 0.597. The molecule has 0 aromatic heterocycles. The largest absolute Gasteiger partial charge is 0.462 e. The van der Waals surface area contributed by atoms with Crippen LogP contribution in [0.15, 0.2) is 146 Å². The van der Waals surface area contributed by atoms with E-state index < -0.39 is 12.1 Å². The molecule has 0 aliphatic rings. The number of esters is 3. The second kappa shape index (κ2) is 59.8. The fourth-order valence-electron chi connectivity index (χ4n) is 7.53. The van der Waals surface area contributed by atoms with Crippen LogP contribution >= 0.6 is 0 Å². The van der Waals surface area contributed by atoms with Gasteiger partial charge in [0.1, 0.15) is 13.2 Å². The molecule has 6 nitrogen and oxygen atoms in total. The lowest BCUT2D eigenvalue weighted by Gasteiger charge is -2.18. The van der Waals surface area contributed by atoms with Crippen molar-refractivity contribution in [2.45, 2.75) is 245 Å². The SMILES string of the molecule is CC/C=C\C/C=C\C/C=C\C/C=C\C/C=C\C/C=C\C/C=C\C/C=C\CCCCCCCCC(=O)OCC(COC(=O)CCCCCCCCCCCCC)OC(=O)CC/C=C\C/C=C\C/C=C\C/C=C\CC. The molecule has 0 radical (unpaired) electrons. The minimum absolute atomic E-state index is 0.114. The van der Waals surface area contributed by atoms with Gasteiger partial charge in [0.15, 0.2) is 6.10 Å². The Morgan fingerprint density at radius 3 is 0.890 bits per heavy atom. The maximum absolute atomic E-state index is 12.8. The van der Waals surface area contributed by atoms with E-state index in [-0.39, 0.29) is 31.6 Å². The first-order valence-electron chi connectivity index (χ1n) is 29.3. The Morgan fingerprint density at radius 1 is 0.288 bits per heavy atom. The van der Waals surface area contributed by atoms with E-state index in [1.807, 2.05) is 12.2 Å². The Morgan fingerprint density at radius 2 is 0.562 bits per heavy atom. The predicted molar refractivity (Wildman–Crippen MR) is 315 cm³/mol. The van der Waals surface area contributed by atoms with Gasteiger partial charge in [0.05, 0.1) is 0 Å². The van der Waals surface area contributed by atoms with E-state index in [1.54, 1.807) is 0 Å². The summed E-state index contributed by atoms with van der Waals surface area (Å²) in [4.78, 5) is 38.0. The average Bonchev–Trinajstić information content (AvgIpc) is 3.39. The van der Waals surface area contributed by atoms with Crippen LogP contribution in [0.25, 0.3) is 0 Å². The smallest absolute Gasteiger partial charge is 0.306 e. The van der Waals surface area contributed by atoms with Crippen molar-refractivity contribution < 1.29 is 28.6 Å². The summed E-state index contributed by atoms with van der Waals surface area (Å²) in [5.74, 6) is -1.02. The molecule has 0 rings (SSSR count). The molecule has 6 heteroatoms. The monoisotopic (exact) mass is 1010 g/mol. The number of carbonyl (C=O) groups excluding carboxylic acids is 3. The van der Waals surface area contributed by atoms with Crippen molar-refractivity contribution in [2.75, 3.05) is 13.2 Å². The van der Waals surface area contributed by atoms with Gasteiger partial charge in [0.25, 0.3) is 0 Å². The summed E-state index contributed by atoms with van der Waals surface area (Å²) in [6, 6.07) is 0. The van der Waals surface area contributed by atoms with Gasteiger partial charge in [-0.3, -0.25) is 14.4 Å². The minimum Gasteiger partial charge on any atom is -0.462 e. The van der Waals surface area contributed by atoms with E-state index in [0.29, 0.717) is 19.3 Å². The minimum atomic E-state index is -0.825. The van der Waals surface area contributed by atoms with Gasteiger partial charge >= 0.3 is 17.9 Å². The summed E-state index contributed by atoms with van der Waals surface area (Å²) >= 11 is 0. The lowest BCUT2D eigenvalue weighted by atomic mass is 10.1. The molecule has 0 N–H and O–H groups in total. The van der Waals surface area contributed by atoms with Gasteiger partial charge < -0.3 is 14.2 Å². The van der Waals surface area contributed by atoms with Crippen LogP contribution in [-0.4, -0.2) is 37.2 Å². The summed E-state index contributed by atoms with van der Waals surface area (Å²) < 4.78 is 16.7. The Balaban J connectivity index is 4.32. The third-order valence-electron chi connectivity index (χ3n) is 11.9. The topological polar surface area (TPSA) is 78.9 Å². The molecule has 1 unspecified atom stereocenters. The summed E-state index contributed by atoms with van der Waals surface area (Å²) in [6.07, 6.45) is 85.8. The maximum atomic E-state index is 12.8. The molecule has 0 aliphatic heterocycles. The van der Waals surface area contributed by atoms with Gasteiger partial charge in [0.2, 0.25) is 0 Å². The van der Waals surface area contributed by atoms with Gasteiger partial charge in [-0.2, -0.15) is 0 Å². The second-order valence-corrected chi connectivity index (χ2v) is 18.8. The molecule has 0 aromatic rings. The molecule has 0 spiro atoms. The zero-order valence-corrected chi connectivity index (χ0v) is 46.8. The summed E-state index contributed by atoms with van der Waals surface area (Å²) in [6.45, 7) is 6.31. The maximum Gasteiger partial charge on any atom is 0.306 e. The average molecular weight is 1010 g/mol. The highest BCUT2D eigenvalue weighted by Crippen LogP contribution is 2.14. The number of rotatable bonds is 51. The van der Waals surface area contributed by atoms with Gasteiger partial charge in [-0.05, 0) is 109 Å². The normalized spacial score (nSPS) is 13.2. The summed E-state index contributed by atoms with van der Waals surface area (Å²) in [5, 5.41) is 0. The molecule has 0 saturated carbocycles. The highest BCUT2D eigenvalue weighted by molar-refractivity contribution is 5.71. The molecule has 0 heterocycles. The zero-order chi connectivity index (χ0) is 52.9. The van der Waals surface area contributed by atoms with E-state index in [1.165, 1.54) is 64.2 Å². The quantitative estimate of drug-likeness (QED) is 0.0261. The van der Waals surface area contributed by atoms with Crippen LogP contribution in [0.5, 0.6) is 0 Å². The van der Waals surface area contributed by atoms with Crippen molar-refractivity contribution in [3.63, 3.8) is 0 Å². The van der Waals surface area contributed by atoms with Crippen LogP contribution in [0.1, 0.15) is 239 Å². The molecule has 1 atom stereocenters. The molecule has 0 aromatic carbocycles. The number of carbonyl (C=O) groups is 3. The molecule has 0 amide bonds. The van der Waals surface area contributed by atoms with E-state index >= 15 is 0 Å². The molecule has 0 saturated heterocycles. The van der Waals surface area contributed by atoms with Gasteiger partial charge in [-0.1, -0.05) is 256 Å². The number of hydrogen-bond acceptors (Lipinski definition) is 6. The number of ether oxygens (including phenoxy) is 3. The molecular weight excluding hydrogens is 901 g/mol. The molecule has 410 valence electrons. The van der Waals surface area contributed by atoms with Crippen molar-refractivity contribution in [3.05, 3.63) is 146 Å². The van der Waals surface area contributed by atoms with Crippen LogP contribution in [0, 0.1) is 0 Å². The van der Waals surface area contributed by atoms with Gasteiger partial charge in [-0.15, -0.1) is 0 Å². The van der Waals surface area contributed by atoms with Crippen molar-refractivity contribution in [1.29, 1.82) is 0 Å². The lowest BCUT2D eigenvalue weighted by molar-refractivity contribution is -0.166. The summed E-state index contributed by atoms with van der Waals surface area (Å²) in [7, 11) is 0. The second-order valence-electron chi connectivity index (χ2n) is 18.8. The third-order valence-corrected chi connectivity index (χ3v) is 11.9. The zero-order valence-electron chi connectivity index (χ0n) is 46.8. The number of unbranched alkanes of at least 4 members (excludes halogenated alkanes) is 16. The van der Waals surface area contributed by atoms with Crippen molar-refractivity contribution >= 4 is 17.9 Å². The Kier molecular flexibility index (Phi) is 56.0. The predicted octanol–water partition coefficient (Wildman–Crippen LogP) is 20.0. The number of hydrogen-bond donors (Lipinski definition) is 0. The third kappa shape index (κ3) is 58.1. The van der Waals surface area contributed by atoms with Crippen molar-refractivity contribution in [2.24, 2.45) is 0 Å². The Hall–Kier alpha value is -4.71. The van der Waals surface area contributed by atoms with E-state index in [0.717, 1.165) is 128 Å². The molecule has 0 aliphatic carbocycles. The first-order valence-corrected chi connectivity index (χ1v) is 29.3. The van der Waals surface area contributed by atoms with E-state index in [4.69, 9.17) is 14.2 Å². The van der Waals surface area contributed by atoms with Crippen LogP contribution in [-0.2, 0) is 28.6 Å². The van der Waals surface area contributed by atoms with Gasteiger partial charge in [-0.25, -0.2) is 0 Å². The molecular formula is C67H106O6. The van der Waals surface area contributed by atoms with E-state index in [2.05, 4.69) is 154 Å². The molecule has 73 heavy (non-hydrogen) atoms. The first-order chi connectivity index (χ1) is 36.0. The van der Waals surface area contributed by atoms with Gasteiger partial charge in [0, 0.05) is 19.3 Å². The fourth-order valence-corrected chi connectivity index (χ4v) is 7.53.